The lowest BCUT2D eigenvalue weighted by Gasteiger charge is -2.11. The Morgan fingerprint density at radius 1 is 0.929 bits per heavy atom. The van der Waals surface area contributed by atoms with Crippen LogP contribution in [-0.4, -0.2) is 20.8 Å². The van der Waals surface area contributed by atoms with Gasteiger partial charge >= 0.3 is 5.69 Å². The van der Waals surface area contributed by atoms with E-state index in [1.807, 2.05) is 0 Å². The fourth-order valence-corrected chi connectivity index (χ4v) is 2.51. The van der Waals surface area contributed by atoms with Crippen LogP contribution in [0, 0.1) is 10.1 Å². The van der Waals surface area contributed by atoms with Crippen LogP contribution in [0.5, 0.6) is 0 Å². The number of hydrogen-bond acceptors (Lipinski definition) is 7. The van der Waals surface area contributed by atoms with Crippen LogP contribution in [-0.2, 0) is 4.79 Å². The maximum absolute atomic E-state index is 11.6. The van der Waals surface area contributed by atoms with Crippen LogP contribution in [0.4, 0.5) is 34.4 Å². The first kappa shape index (κ1) is 19.1. The van der Waals surface area contributed by atoms with E-state index in [0.717, 1.165) is 0 Å². The van der Waals surface area contributed by atoms with Crippen molar-refractivity contribution < 1.29 is 9.72 Å². The molecule has 0 radical (unpaired) electrons. The van der Waals surface area contributed by atoms with Gasteiger partial charge in [-0.25, -0.2) is 9.97 Å². The number of anilines is 5. The third-order valence-electron chi connectivity index (χ3n) is 3.58. The van der Waals surface area contributed by atoms with Crippen LogP contribution in [0.2, 0.25) is 5.02 Å². The molecular formula is C18H15ClN6O3. The van der Waals surface area contributed by atoms with E-state index >= 15 is 0 Å². The SMILES string of the molecule is CC(=O)Nc1ccc(Nc2ncnc(Nc3ccc(Cl)cc3)c2[N+](=O)[O-])cc1. The summed E-state index contributed by atoms with van der Waals surface area (Å²) in [7, 11) is 0. The van der Waals surface area contributed by atoms with Crippen LogP contribution in [0.15, 0.2) is 54.9 Å². The molecule has 28 heavy (non-hydrogen) atoms. The number of rotatable bonds is 6. The second-order valence-corrected chi connectivity index (χ2v) is 6.13. The molecule has 0 aliphatic heterocycles. The molecule has 3 N–H and O–H groups in total. The van der Waals surface area contributed by atoms with Gasteiger partial charge in [-0.3, -0.25) is 14.9 Å². The summed E-state index contributed by atoms with van der Waals surface area (Å²) in [5, 5.41) is 20.6. The van der Waals surface area contributed by atoms with Crippen LogP contribution in [0.1, 0.15) is 6.92 Å². The maximum atomic E-state index is 11.6. The van der Waals surface area contributed by atoms with Crippen molar-refractivity contribution in [3.05, 3.63) is 70.0 Å². The van der Waals surface area contributed by atoms with Crippen molar-refractivity contribution in [2.24, 2.45) is 0 Å². The third-order valence-corrected chi connectivity index (χ3v) is 3.83. The fourth-order valence-electron chi connectivity index (χ4n) is 2.38. The van der Waals surface area contributed by atoms with Crippen LogP contribution in [0.3, 0.4) is 0 Å². The first-order chi connectivity index (χ1) is 13.4. The Balaban J connectivity index is 1.87. The number of carbonyl (C=O) groups is 1. The first-order valence-corrected chi connectivity index (χ1v) is 8.47. The Labute approximate surface area is 164 Å². The van der Waals surface area contributed by atoms with Crippen molar-refractivity contribution in [2.75, 3.05) is 16.0 Å². The standard InChI is InChI=1S/C18H15ClN6O3/c1-11(26)22-13-6-8-15(9-7-13)24-18-16(25(27)28)17(20-10-21-18)23-14-4-2-12(19)3-5-14/h2-10H,1H3,(H,22,26)(H2,20,21,23,24). The zero-order chi connectivity index (χ0) is 20.1. The third kappa shape index (κ3) is 4.71. The number of aromatic nitrogens is 2. The van der Waals surface area contributed by atoms with E-state index in [2.05, 4.69) is 25.9 Å². The summed E-state index contributed by atoms with van der Waals surface area (Å²) >= 11 is 5.86. The van der Waals surface area contributed by atoms with Gasteiger partial charge in [-0.1, -0.05) is 11.6 Å². The summed E-state index contributed by atoms with van der Waals surface area (Å²) in [4.78, 5) is 30.1. The quantitative estimate of drug-likeness (QED) is 0.413. The highest BCUT2D eigenvalue weighted by atomic mass is 35.5. The highest BCUT2D eigenvalue weighted by Crippen LogP contribution is 2.33. The molecule has 1 aromatic heterocycles. The summed E-state index contributed by atoms with van der Waals surface area (Å²) in [6.45, 7) is 1.41. The average Bonchev–Trinajstić information content (AvgIpc) is 2.65. The van der Waals surface area contributed by atoms with Gasteiger partial charge in [0.05, 0.1) is 4.92 Å². The Kier molecular flexibility index (Phi) is 5.66. The second kappa shape index (κ2) is 8.31. The van der Waals surface area contributed by atoms with Crippen LogP contribution >= 0.6 is 11.6 Å². The molecule has 10 heteroatoms. The van der Waals surface area contributed by atoms with E-state index < -0.39 is 4.92 Å². The van der Waals surface area contributed by atoms with E-state index in [1.165, 1.54) is 13.3 Å². The largest absolute Gasteiger partial charge is 0.353 e. The minimum absolute atomic E-state index is 0.0312. The monoisotopic (exact) mass is 398 g/mol. The van der Waals surface area contributed by atoms with Gasteiger partial charge in [0.1, 0.15) is 6.33 Å². The topological polar surface area (TPSA) is 122 Å². The fraction of sp³-hybridized carbons (Fsp3) is 0.0556. The summed E-state index contributed by atoms with van der Waals surface area (Å²) < 4.78 is 0. The summed E-state index contributed by atoms with van der Waals surface area (Å²) in [6.07, 6.45) is 1.22. The first-order valence-electron chi connectivity index (χ1n) is 8.09. The molecule has 2 aromatic carbocycles. The van der Waals surface area contributed by atoms with E-state index in [0.29, 0.717) is 22.1 Å². The highest BCUT2D eigenvalue weighted by molar-refractivity contribution is 6.30. The number of halogens is 1. The van der Waals surface area contributed by atoms with Gasteiger partial charge in [-0.15, -0.1) is 0 Å². The lowest BCUT2D eigenvalue weighted by Crippen LogP contribution is -2.06. The smallest absolute Gasteiger partial charge is 0.334 e. The van der Waals surface area contributed by atoms with Crippen molar-refractivity contribution in [1.82, 2.24) is 9.97 Å². The van der Waals surface area contributed by atoms with E-state index in [4.69, 9.17) is 11.6 Å². The van der Waals surface area contributed by atoms with Crippen molar-refractivity contribution in [3.8, 4) is 0 Å². The number of benzene rings is 2. The van der Waals surface area contributed by atoms with E-state index in [9.17, 15) is 14.9 Å². The normalized spacial score (nSPS) is 10.2. The molecule has 0 saturated carbocycles. The van der Waals surface area contributed by atoms with Crippen molar-refractivity contribution >= 4 is 51.9 Å². The van der Waals surface area contributed by atoms with Crippen LogP contribution in [0.25, 0.3) is 0 Å². The Morgan fingerprint density at radius 3 is 1.86 bits per heavy atom. The molecule has 0 unspecified atom stereocenters. The Hall–Kier alpha value is -3.72. The lowest BCUT2D eigenvalue weighted by molar-refractivity contribution is -0.383. The van der Waals surface area contributed by atoms with Gasteiger partial charge in [0.25, 0.3) is 0 Å². The molecule has 0 aliphatic rings. The number of nitro groups is 1. The number of amides is 1. The van der Waals surface area contributed by atoms with Gasteiger partial charge in [-0.05, 0) is 48.5 Å². The molecule has 0 fully saturated rings. The molecule has 142 valence electrons. The predicted octanol–water partition coefficient (Wildman–Crippen LogP) is 4.48. The highest BCUT2D eigenvalue weighted by Gasteiger charge is 2.23. The van der Waals surface area contributed by atoms with Crippen molar-refractivity contribution in [1.29, 1.82) is 0 Å². The molecular weight excluding hydrogens is 384 g/mol. The van der Waals surface area contributed by atoms with Gasteiger partial charge in [0.2, 0.25) is 17.5 Å². The van der Waals surface area contributed by atoms with Gasteiger partial charge in [-0.2, -0.15) is 0 Å². The number of hydrogen-bond donors (Lipinski definition) is 3. The Morgan fingerprint density at radius 2 is 1.39 bits per heavy atom. The van der Waals surface area contributed by atoms with E-state index in [1.54, 1.807) is 48.5 Å². The lowest BCUT2D eigenvalue weighted by atomic mass is 10.2. The zero-order valence-electron chi connectivity index (χ0n) is 14.6. The maximum Gasteiger partial charge on any atom is 0.353 e. The molecule has 1 amide bonds. The van der Waals surface area contributed by atoms with E-state index in [-0.39, 0.29) is 23.2 Å². The number of carbonyl (C=O) groups excluding carboxylic acids is 1. The number of nitrogens with zero attached hydrogens (tertiary/aromatic N) is 3. The zero-order valence-corrected chi connectivity index (χ0v) is 15.4. The van der Waals surface area contributed by atoms with Crippen molar-refractivity contribution in [2.45, 2.75) is 6.92 Å². The second-order valence-electron chi connectivity index (χ2n) is 5.69. The molecule has 0 spiro atoms. The molecule has 1 heterocycles. The van der Waals surface area contributed by atoms with Gasteiger partial charge in [0.15, 0.2) is 0 Å². The van der Waals surface area contributed by atoms with Crippen molar-refractivity contribution in [3.63, 3.8) is 0 Å². The molecule has 0 bridgehead atoms. The minimum Gasteiger partial charge on any atom is -0.334 e. The summed E-state index contributed by atoms with van der Waals surface area (Å²) in [5.74, 6) is -0.117. The molecule has 3 aromatic rings. The summed E-state index contributed by atoms with van der Waals surface area (Å²) in [5.41, 5.74) is 1.47. The molecule has 3 rings (SSSR count). The molecule has 9 nitrogen and oxygen atoms in total. The molecule has 0 aliphatic carbocycles. The predicted molar refractivity (Wildman–Crippen MR) is 107 cm³/mol. The molecule has 0 saturated heterocycles. The average molecular weight is 399 g/mol. The number of nitrogens with one attached hydrogen (secondary N) is 3. The van der Waals surface area contributed by atoms with Gasteiger partial charge < -0.3 is 16.0 Å². The Bertz CT molecular complexity index is 1010. The summed E-state index contributed by atoms with van der Waals surface area (Å²) in [6, 6.07) is 13.4. The van der Waals surface area contributed by atoms with Gasteiger partial charge in [0, 0.05) is 29.0 Å². The minimum atomic E-state index is -0.563. The molecule has 0 atom stereocenters. The van der Waals surface area contributed by atoms with Crippen LogP contribution < -0.4 is 16.0 Å².